The van der Waals surface area contributed by atoms with E-state index >= 15 is 0 Å². The topological polar surface area (TPSA) is 59.9 Å². The largest absolute Gasteiger partial charge is 0.475 e. The van der Waals surface area contributed by atoms with E-state index in [1.165, 1.54) is 5.56 Å². The van der Waals surface area contributed by atoms with Crippen LogP contribution in [0.3, 0.4) is 0 Å². The summed E-state index contributed by atoms with van der Waals surface area (Å²) in [5.74, 6) is 1.18. The van der Waals surface area contributed by atoms with Gasteiger partial charge in [-0.1, -0.05) is 0 Å². The molecule has 2 rings (SSSR count). The third kappa shape index (κ3) is 4.54. The molecular formula is C14H18N4O. The van der Waals surface area contributed by atoms with Crippen molar-refractivity contribution >= 4 is 5.95 Å². The molecule has 0 fully saturated rings. The van der Waals surface area contributed by atoms with Gasteiger partial charge in [0, 0.05) is 31.2 Å². The zero-order valence-electron chi connectivity index (χ0n) is 11.2. The maximum atomic E-state index is 5.52. The molecule has 0 spiro atoms. The van der Waals surface area contributed by atoms with E-state index < -0.39 is 0 Å². The predicted octanol–water partition coefficient (Wildman–Crippen LogP) is 2.31. The molecule has 2 aromatic heterocycles. The fourth-order valence-electron chi connectivity index (χ4n) is 1.60. The number of rotatable bonds is 6. The molecule has 100 valence electrons. The van der Waals surface area contributed by atoms with E-state index in [4.69, 9.17) is 4.74 Å². The van der Waals surface area contributed by atoms with Crippen molar-refractivity contribution in [2.75, 3.05) is 11.9 Å². The second-order valence-corrected chi connectivity index (χ2v) is 4.42. The van der Waals surface area contributed by atoms with Crippen molar-refractivity contribution in [3.63, 3.8) is 0 Å². The molecule has 2 aromatic rings. The highest BCUT2D eigenvalue weighted by molar-refractivity contribution is 5.28. The lowest BCUT2D eigenvalue weighted by atomic mass is 10.2. The third-order valence-corrected chi connectivity index (χ3v) is 2.43. The van der Waals surface area contributed by atoms with Crippen molar-refractivity contribution in [2.24, 2.45) is 0 Å². The number of hydrogen-bond donors (Lipinski definition) is 1. The fourth-order valence-corrected chi connectivity index (χ4v) is 1.60. The molecule has 0 bridgehead atoms. The summed E-state index contributed by atoms with van der Waals surface area (Å²) in [4.78, 5) is 12.4. The molecule has 0 saturated carbocycles. The standard InChI is InChI=1S/C14H18N4O/c1-11(2)19-13-6-10-17-14(18-13)16-9-5-12-3-7-15-8-4-12/h3-4,6-8,10-11H,5,9H2,1-2H3,(H,16,17,18). The van der Waals surface area contributed by atoms with Crippen LogP contribution < -0.4 is 10.1 Å². The summed E-state index contributed by atoms with van der Waals surface area (Å²) < 4.78 is 5.52. The number of aromatic nitrogens is 3. The van der Waals surface area contributed by atoms with Crippen molar-refractivity contribution < 1.29 is 4.74 Å². The molecule has 0 radical (unpaired) electrons. The Morgan fingerprint density at radius 1 is 1.16 bits per heavy atom. The zero-order valence-corrected chi connectivity index (χ0v) is 11.2. The van der Waals surface area contributed by atoms with E-state index in [1.54, 1.807) is 24.7 Å². The van der Waals surface area contributed by atoms with Gasteiger partial charge in [0.05, 0.1) is 6.10 Å². The van der Waals surface area contributed by atoms with E-state index in [1.807, 2.05) is 26.0 Å². The molecule has 5 heteroatoms. The predicted molar refractivity (Wildman–Crippen MR) is 74.2 cm³/mol. The van der Waals surface area contributed by atoms with Gasteiger partial charge in [0.25, 0.3) is 0 Å². The molecule has 0 aromatic carbocycles. The fraction of sp³-hybridized carbons (Fsp3) is 0.357. The van der Waals surface area contributed by atoms with Gasteiger partial charge >= 0.3 is 0 Å². The van der Waals surface area contributed by atoms with E-state index in [0.29, 0.717) is 11.8 Å². The molecule has 0 amide bonds. The molecule has 0 saturated heterocycles. The van der Waals surface area contributed by atoms with Gasteiger partial charge in [-0.15, -0.1) is 0 Å². The van der Waals surface area contributed by atoms with E-state index in [9.17, 15) is 0 Å². The SMILES string of the molecule is CC(C)Oc1ccnc(NCCc2ccncc2)n1. The summed E-state index contributed by atoms with van der Waals surface area (Å²) >= 11 is 0. The third-order valence-electron chi connectivity index (χ3n) is 2.43. The molecule has 2 heterocycles. The van der Waals surface area contributed by atoms with Crippen molar-refractivity contribution in [3.05, 3.63) is 42.4 Å². The summed E-state index contributed by atoms with van der Waals surface area (Å²) in [5, 5.41) is 3.18. The minimum atomic E-state index is 0.111. The first kappa shape index (κ1) is 13.3. The van der Waals surface area contributed by atoms with Crippen LogP contribution in [-0.2, 0) is 6.42 Å². The van der Waals surface area contributed by atoms with Crippen LogP contribution in [0.5, 0.6) is 5.88 Å². The summed E-state index contributed by atoms with van der Waals surface area (Å²) in [6.45, 7) is 4.71. The van der Waals surface area contributed by atoms with Gasteiger partial charge in [-0.2, -0.15) is 4.98 Å². The Hall–Kier alpha value is -2.17. The smallest absolute Gasteiger partial charge is 0.225 e. The van der Waals surface area contributed by atoms with Gasteiger partial charge in [-0.25, -0.2) is 4.98 Å². The second kappa shape index (κ2) is 6.68. The van der Waals surface area contributed by atoms with Gasteiger partial charge in [0.1, 0.15) is 0 Å². The molecule has 0 aliphatic heterocycles. The Bertz CT molecular complexity index is 502. The van der Waals surface area contributed by atoms with Crippen molar-refractivity contribution in [1.29, 1.82) is 0 Å². The van der Waals surface area contributed by atoms with E-state index in [-0.39, 0.29) is 6.10 Å². The van der Waals surface area contributed by atoms with Crippen molar-refractivity contribution in [1.82, 2.24) is 15.0 Å². The van der Waals surface area contributed by atoms with Gasteiger partial charge in [-0.3, -0.25) is 4.98 Å². The Morgan fingerprint density at radius 3 is 2.68 bits per heavy atom. The first-order valence-corrected chi connectivity index (χ1v) is 6.36. The Labute approximate surface area is 113 Å². The van der Waals surface area contributed by atoms with Crippen LogP contribution in [0.15, 0.2) is 36.8 Å². The van der Waals surface area contributed by atoms with Gasteiger partial charge < -0.3 is 10.1 Å². The van der Waals surface area contributed by atoms with E-state index in [2.05, 4.69) is 20.3 Å². The lowest BCUT2D eigenvalue weighted by Gasteiger charge is -2.10. The number of pyridine rings is 1. The van der Waals surface area contributed by atoms with Crippen LogP contribution >= 0.6 is 0 Å². The molecule has 0 aliphatic rings. The summed E-state index contributed by atoms with van der Waals surface area (Å²) in [6, 6.07) is 5.76. The summed E-state index contributed by atoms with van der Waals surface area (Å²) in [5.41, 5.74) is 1.23. The van der Waals surface area contributed by atoms with Crippen LogP contribution in [0.1, 0.15) is 19.4 Å². The van der Waals surface area contributed by atoms with Crippen LogP contribution in [0.2, 0.25) is 0 Å². The van der Waals surface area contributed by atoms with E-state index in [0.717, 1.165) is 13.0 Å². The minimum absolute atomic E-state index is 0.111. The Morgan fingerprint density at radius 2 is 1.95 bits per heavy atom. The highest BCUT2D eigenvalue weighted by Crippen LogP contribution is 2.10. The van der Waals surface area contributed by atoms with Crippen LogP contribution in [0.25, 0.3) is 0 Å². The number of ether oxygens (including phenoxy) is 1. The van der Waals surface area contributed by atoms with Gasteiger partial charge in [-0.05, 0) is 38.0 Å². The van der Waals surface area contributed by atoms with Crippen LogP contribution in [0, 0.1) is 0 Å². The lowest BCUT2D eigenvalue weighted by Crippen LogP contribution is -2.11. The summed E-state index contributed by atoms with van der Waals surface area (Å²) in [6.07, 6.45) is 6.30. The number of anilines is 1. The molecule has 0 atom stereocenters. The monoisotopic (exact) mass is 258 g/mol. The highest BCUT2D eigenvalue weighted by Gasteiger charge is 2.01. The normalized spacial score (nSPS) is 10.5. The first-order chi connectivity index (χ1) is 9.24. The van der Waals surface area contributed by atoms with Gasteiger partial charge in [0.2, 0.25) is 11.8 Å². The second-order valence-electron chi connectivity index (χ2n) is 4.42. The number of hydrogen-bond acceptors (Lipinski definition) is 5. The number of nitrogens with zero attached hydrogens (tertiary/aromatic N) is 3. The molecule has 0 unspecified atom stereocenters. The van der Waals surface area contributed by atoms with Gasteiger partial charge in [0.15, 0.2) is 0 Å². The zero-order chi connectivity index (χ0) is 13.5. The summed E-state index contributed by atoms with van der Waals surface area (Å²) in [7, 11) is 0. The minimum Gasteiger partial charge on any atom is -0.475 e. The van der Waals surface area contributed by atoms with Crippen LogP contribution in [-0.4, -0.2) is 27.6 Å². The number of nitrogens with one attached hydrogen (secondary N) is 1. The average molecular weight is 258 g/mol. The first-order valence-electron chi connectivity index (χ1n) is 6.36. The molecule has 1 N–H and O–H groups in total. The molecule has 5 nitrogen and oxygen atoms in total. The van der Waals surface area contributed by atoms with Crippen molar-refractivity contribution in [2.45, 2.75) is 26.4 Å². The van der Waals surface area contributed by atoms with Crippen molar-refractivity contribution in [3.8, 4) is 5.88 Å². The lowest BCUT2D eigenvalue weighted by molar-refractivity contribution is 0.232. The van der Waals surface area contributed by atoms with Crippen LogP contribution in [0.4, 0.5) is 5.95 Å². The Balaban J connectivity index is 1.86. The molecular weight excluding hydrogens is 240 g/mol. The molecule has 0 aliphatic carbocycles. The maximum absolute atomic E-state index is 5.52. The molecule has 19 heavy (non-hydrogen) atoms. The maximum Gasteiger partial charge on any atom is 0.225 e. The highest BCUT2D eigenvalue weighted by atomic mass is 16.5. The quantitative estimate of drug-likeness (QED) is 0.861. The average Bonchev–Trinajstić information content (AvgIpc) is 2.40. The Kier molecular flexibility index (Phi) is 4.66.